The monoisotopic (exact) mass is 423 g/mol. The maximum Gasteiger partial charge on any atom is 0.341 e. The molecule has 1 N–H and O–H groups in total. The molecular formula is C20H25NO5S2. The van der Waals surface area contributed by atoms with Crippen molar-refractivity contribution in [2.24, 2.45) is 0 Å². The third-order valence-corrected chi connectivity index (χ3v) is 7.01. The zero-order valence-electron chi connectivity index (χ0n) is 16.3. The molecule has 0 saturated carbocycles. The maximum atomic E-state index is 12.3. The predicted molar refractivity (Wildman–Crippen MR) is 112 cm³/mol. The molecule has 0 unspecified atom stereocenters. The molecule has 2 aromatic rings. The van der Waals surface area contributed by atoms with Crippen molar-refractivity contribution in [2.45, 2.75) is 39.4 Å². The highest BCUT2D eigenvalue weighted by atomic mass is 32.2. The molecule has 2 rings (SSSR count). The Morgan fingerprint density at radius 2 is 1.82 bits per heavy atom. The molecule has 0 atom stereocenters. The lowest BCUT2D eigenvalue weighted by Crippen LogP contribution is -2.16. The fourth-order valence-electron chi connectivity index (χ4n) is 2.71. The molecule has 1 aromatic heterocycles. The minimum Gasteiger partial charge on any atom is -0.462 e. The van der Waals surface area contributed by atoms with Crippen molar-refractivity contribution in [3.05, 3.63) is 51.9 Å². The van der Waals surface area contributed by atoms with E-state index in [1.54, 1.807) is 31.2 Å². The Hall–Kier alpha value is -2.19. The van der Waals surface area contributed by atoms with Gasteiger partial charge in [0.1, 0.15) is 5.00 Å². The zero-order chi connectivity index (χ0) is 20.7. The summed E-state index contributed by atoms with van der Waals surface area (Å²) in [5.74, 6) is -0.888. The van der Waals surface area contributed by atoms with Gasteiger partial charge in [-0.15, -0.1) is 11.3 Å². The highest BCUT2D eigenvalue weighted by Gasteiger charge is 2.22. The molecule has 0 spiro atoms. The zero-order valence-corrected chi connectivity index (χ0v) is 17.9. The third kappa shape index (κ3) is 6.17. The van der Waals surface area contributed by atoms with Gasteiger partial charge in [0, 0.05) is 11.3 Å². The first kappa shape index (κ1) is 22.1. The quantitative estimate of drug-likeness (QED) is 0.618. The van der Waals surface area contributed by atoms with Gasteiger partial charge in [-0.2, -0.15) is 0 Å². The van der Waals surface area contributed by atoms with Crippen LogP contribution in [0, 0.1) is 13.8 Å². The number of ether oxygens (including phenoxy) is 1. The topological polar surface area (TPSA) is 89.5 Å². The van der Waals surface area contributed by atoms with Crippen molar-refractivity contribution in [3.63, 3.8) is 0 Å². The third-order valence-electron chi connectivity index (χ3n) is 4.21. The van der Waals surface area contributed by atoms with Crippen LogP contribution in [0.2, 0.25) is 0 Å². The number of carbonyl (C=O) groups is 2. The van der Waals surface area contributed by atoms with Crippen molar-refractivity contribution in [2.75, 3.05) is 17.7 Å². The smallest absolute Gasteiger partial charge is 0.341 e. The number of aryl methyl sites for hydroxylation is 1. The number of rotatable bonds is 9. The molecule has 1 amide bonds. The minimum atomic E-state index is -3.29. The Bertz CT molecular complexity index is 933. The second-order valence-electron chi connectivity index (χ2n) is 6.44. The van der Waals surface area contributed by atoms with Gasteiger partial charge in [0.2, 0.25) is 5.91 Å². The Kier molecular flexibility index (Phi) is 7.77. The van der Waals surface area contributed by atoms with Crippen LogP contribution in [0.1, 0.15) is 46.1 Å². The van der Waals surface area contributed by atoms with Crippen LogP contribution in [-0.2, 0) is 25.1 Å². The van der Waals surface area contributed by atoms with Crippen LogP contribution in [0.5, 0.6) is 0 Å². The van der Waals surface area contributed by atoms with Gasteiger partial charge in [-0.3, -0.25) is 4.79 Å². The maximum absolute atomic E-state index is 12.3. The number of thiophene rings is 1. The van der Waals surface area contributed by atoms with E-state index >= 15 is 0 Å². The first-order chi connectivity index (χ1) is 13.2. The summed E-state index contributed by atoms with van der Waals surface area (Å²) in [4.78, 5) is 25.3. The van der Waals surface area contributed by atoms with Crippen LogP contribution in [-0.4, -0.2) is 32.7 Å². The molecule has 28 heavy (non-hydrogen) atoms. The molecule has 0 aliphatic heterocycles. The summed E-state index contributed by atoms with van der Waals surface area (Å²) in [5.41, 5.74) is 1.88. The summed E-state index contributed by atoms with van der Waals surface area (Å²) >= 11 is 1.31. The lowest BCUT2D eigenvalue weighted by molar-refractivity contribution is -0.116. The van der Waals surface area contributed by atoms with Crippen LogP contribution in [0.15, 0.2) is 30.3 Å². The van der Waals surface area contributed by atoms with E-state index in [0.717, 1.165) is 16.0 Å². The molecule has 0 saturated heterocycles. The number of esters is 1. The van der Waals surface area contributed by atoms with Gasteiger partial charge >= 0.3 is 5.97 Å². The van der Waals surface area contributed by atoms with Crippen molar-refractivity contribution in [1.82, 2.24) is 0 Å². The van der Waals surface area contributed by atoms with Gasteiger partial charge in [0.05, 0.1) is 23.7 Å². The van der Waals surface area contributed by atoms with E-state index in [0.29, 0.717) is 10.6 Å². The molecule has 0 aliphatic rings. The van der Waals surface area contributed by atoms with Gasteiger partial charge in [-0.1, -0.05) is 30.3 Å². The molecular weight excluding hydrogens is 398 g/mol. The molecule has 0 aliphatic carbocycles. The Balaban J connectivity index is 1.93. The van der Waals surface area contributed by atoms with Crippen LogP contribution < -0.4 is 5.32 Å². The summed E-state index contributed by atoms with van der Waals surface area (Å²) in [6.07, 6.45) is 0.283. The van der Waals surface area contributed by atoms with Crippen molar-refractivity contribution in [1.29, 1.82) is 0 Å². The first-order valence-electron chi connectivity index (χ1n) is 9.04. The molecule has 152 valence electrons. The summed E-state index contributed by atoms with van der Waals surface area (Å²) in [6.45, 7) is 5.65. The first-order valence-corrected chi connectivity index (χ1v) is 11.7. The summed E-state index contributed by atoms with van der Waals surface area (Å²) in [5, 5.41) is 3.18. The Morgan fingerprint density at radius 1 is 1.14 bits per heavy atom. The minimum absolute atomic E-state index is 0.0359. The van der Waals surface area contributed by atoms with Gasteiger partial charge < -0.3 is 10.1 Å². The summed E-state index contributed by atoms with van der Waals surface area (Å²) in [6, 6.07) is 8.96. The average Bonchev–Trinajstić information content (AvgIpc) is 2.89. The SMILES string of the molecule is CCOC(=O)c1c(NC(=O)CCCS(=O)(=O)Cc2ccccc2)sc(C)c1C. The van der Waals surface area contributed by atoms with Crippen molar-refractivity contribution in [3.8, 4) is 0 Å². The molecule has 1 heterocycles. The van der Waals surface area contributed by atoms with Crippen LogP contribution in [0.25, 0.3) is 0 Å². The normalized spacial score (nSPS) is 11.2. The standard InChI is InChI=1S/C20H25NO5S2/c1-4-26-20(23)18-14(2)15(3)27-19(18)21-17(22)11-8-12-28(24,25)13-16-9-6-5-7-10-16/h5-7,9-10H,4,8,11-13H2,1-3H3,(H,21,22). The lowest BCUT2D eigenvalue weighted by Gasteiger charge is -2.08. The number of hydrogen-bond donors (Lipinski definition) is 1. The van der Waals surface area contributed by atoms with Gasteiger partial charge in [0.25, 0.3) is 0 Å². The number of hydrogen-bond acceptors (Lipinski definition) is 6. The average molecular weight is 424 g/mol. The molecule has 0 radical (unpaired) electrons. The van der Waals surface area contributed by atoms with E-state index in [9.17, 15) is 18.0 Å². The fraction of sp³-hybridized carbons (Fsp3) is 0.400. The van der Waals surface area contributed by atoms with E-state index in [-0.39, 0.29) is 36.9 Å². The highest BCUT2D eigenvalue weighted by Crippen LogP contribution is 2.33. The molecule has 1 aromatic carbocycles. The molecule has 6 nitrogen and oxygen atoms in total. The van der Waals surface area contributed by atoms with Gasteiger partial charge in [-0.05, 0) is 38.3 Å². The van der Waals surface area contributed by atoms with E-state index in [4.69, 9.17) is 4.74 Å². The summed E-state index contributed by atoms with van der Waals surface area (Å²) in [7, 11) is -3.29. The predicted octanol–water partition coefficient (Wildman–Crippen LogP) is 3.88. The fourth-order valence-corrected chi connectivity index (χ4v) is 5.20. The van der Waals surface area contributed by atoms with E-state index in [1.807, 2.05) is 19.9 Å². The van der Waals surface area contributed by atoms with Crippen molar-refractivity contribution < 1.29 is 22.7 Å². The number of carbonyl (C=O) groups excluding carboxylic acids is 2. The molecule has 0 fully saturated rings. The summed E-state index contributed by atoms with van der Waals surface area (Å²) < 4.78 is 29.5. The van der Waals surface area contributed by atoms with Crippen LogP contribution in [0.4, 0.5) is 5.00 Å². The second-order valence-corrected chi connectivity index (χ2v) is 9.85. The molecule has 0 bridgehead atoms. The van der Waals surface area contributed by atoms with Gasteiger partial charge in [0.15, 0.2) is 9.84 Å². The van der Waals surface area contributed by atoms with Crippen molar-refractivity contribution >= 4 is 38.1 Å². The van der Waals surface area contributed by atoms with E-state index in [2.05, 4.69) is 5.32 Å². The number of anilines is 1. The van der Waals surface area contributed by atoms with E-state index in [1.165, 1.54) is 11.3 Å². The van der Waals surface area contributed by atoms with Crippen LogP contribution in [0.3, 0.4) is 0 Å². The number of sulfone groups is 1. The largest absolute Gasteiger partial charge is 0.462 e. The second kappa shape index (κ2) is 9.84. The Labute approximate surface area is 169 Å². The highest BCUT2D eigenvalue weighted by molar-refractivity contribution is 7.90. The van der Waals surface area contributed by atoms with Gasteiger partial charge in [-0.25, -0.2) is 13.2 Å². The number of benzene rings is 1. The number of nitrogens with one attached hydrogen (secondary N) is 1. The lowest BCUT2D eigenvalue weighted by atomic mass is 10.1. The van der Waals surface area contributed by atoms with Crippen LogP contribution >= 0.6 is 11.3 Å². The Morgan fingerprint density at radius 3 is 2.46 bits per heavy atom. The molecule has 8 heteroatoms. The number of amides is 1. The van der Waals surface area contributed by atoms with E-state index < -0.39 is 15.8 Å².